The fourth-order valence-electron chi connectivity index (χ4n) is 2.56. The molecule has 0 aromatic heterocycles. The summed E-state index contributed by atoms with van der Waals surface area (Å²) in [6, 6.07) is 14.8. The van der Waals surface area contributed by atoms with Gasteiger partial charge in [-0.1, -0.05) is 17.7 Å². The van der Waals surface area contributed by atoms with Crippen molar-refractivity contribution in [2.75, 3.05) is 11.4 Å². The number of aryl methyl sites for hydroxylation is 1. The molecular weight excluding hydrogens is 294 g/mol. The maximum atomic E-state index is 11.9. The number of hydrogen-bond donors (Lipinski definition) is 1. The number of carboxylic acid groups (broad SMARTS) is 1. The summed E-state index contributed by atoms with van der Waals surface area (Å²) in [6.07, 6.45) is 0.0525. The third-order valence-corrected chi connectivity index (χ3v) is 3.88. The highest BCUT2D eigenvalue weighted by molar-refractivity contribution is 5.99. The van der Waals surface area contributed by atoms with Gasteiger partial charge in [-0.05, 0) is 43.3 Å². The summed E-state index contributed by atoms with van der Waals surface area (Å²) in [6.45, 7) is 2.22. The number of amides is 1. The summed E-state index contributed by atoms with van der Waals surface area (Å²) in [5.41, 5.74) is 1.85. The van der Waals surface area contributed by atoms with Crippen LogP contribution < -0.4 is 9.64 Å². The van der Waals surface area contributed by atoms with Crippen molar-refractivity contribution in [1.82, 2.24) is 0 Å². The van der Waals surface area contributed by atoms with E-state index in [0.717, 1.165) is 11.3 Å². The quantitative estimate of drug-likeness (QED) is 0.941. The average molecular weight is 311 g/mol. The molecule has 1 aliphatic heterocycles. The number of aliphatic carboxylic acids is 1. The van der Waals surface area contributed by atoms with E-state index in [4.69, 9.17) is 9.84 Å². The van der Waals surface area contributed by atoms with E-state index in [-0.39, 0.29) is 18.9 Å². The second-order valence-corrected chi connectivity index (χ2v) is 5.65. The third-order valence-electron chi connectivity index (χ3n) is 3.88. The van der Waals surface area contributed by atoms with Gasteiger partial charge in [0.05, 0.1) is 5.92 Å². The second kappa shape index (κ2) is 6.12. The highest BCUT2D eigenvalue weighted by Crippen LogP contribution is 2.28. The van der Waals surface area contributed by atoms with Crippen LogP contribution in [0.1, 0.15) is 12.0 Å². The zero-order valence-electron chi connectivity index (χ0n) is 12.7. The molecule has 1 heterocycles. The highest BCUT2D eigenvalue weighted by atomic mass is 16.5. The minimum Gasteiger partial charge on any atom is -0.481 e. The molecule has 1 N–H and O–H groups in total. The molecule has 2 aromatic carbocycles. The van der Waals surface area contributed by atoms with E-state index in [0.29, 0.717) is 11.4 Å². The van der Waals surface area contributed by atoms with Crippen LogP contribution in [-0.2, 0) is 9.59 Å². The zero-order chi connectivity index (χ0) is 16.4. The zero-order valence-corrected chi connectivity index (χ0v) is 12.7. The Kier molecular flexibility index (Phi) is 4.02. The summed E-state index contributed by atoms with van der Waals surface area (Å²) in [7, 11) is 0. The van der Waals surface area contributed by atoms with Crippen LogP contribution in [0.5, 0.6) is 11.5 Å². The van der Waals surface area contributed by atoms with Crippen molar-refractivity contribution in [3.05, 3.63) is 54.1 Å². The van der Waals surface area contributed by atoms with Gasteiger partial charge in [0.2, 0.25) is 5.91 Å². The van der Waals surface area contributed by atoms with Crippen molar-refractivity contribution in [3.63, 3.8) is 0 Å². The van der Waals surface area contributed by atoms with Crippen molar-refractivity contribution in [2.24, 2.45) is 5.92 Å². The molecular formula is C18H17NO4. The summed E-state index contributed by atoms with van der Waals surface area (Å²) >= 11 is 0. The summed E-state index contributed by atoms with van der Waals surface area (Å²) < 4.78 is 5.74. The first kappa shape index (κ1) is 15.1. The van der Waals surface area contributed by atoms with Gasteiger partial charge in [0.1, 0.15) is 11.5 Å². The Balaban J connectivity index is 1.71. The van der Waals surface area contributed by atoms with Gasteiger partial charge < -0.3 is 14.7 Å². The minimum atomic E-state index is -0.930. The third kappa shape index (κ3) is 3.34. The van der Waals surface area contributed by atoms with Crippen LogP contribution in [0, 0.1) is 12.8 Å². The van der Waals surface area contributed by atoms with Crippen LogP contribution >= 0.6 is 0 Å². The van der Waals surface area contributed by atoms with Gasteiger partial charge in [0, 0.05) is 18.7 Å². The maximum absolute atomic E-state index is 11.9. The maximum Gasteiger partial charge on any atom is 0.308 e. The number of anilines is 1. The lowest BCUT2D eigenvalue weighted by Crippen LogP contribution is -2.25. The Morgan fingerprint density at radius 2 is 1.65 bits per heavy atom. The largest absolute Gasteiger partial charge is 0.481 e. The van der Waals surface area contributed by atoms with Crippen LogP contribution in [0.25, 0.3) is 0 Å². The number of hydrogen-bond acceptors (Lipinski definition) is 3. The Labute approximate surface area is 134 Å². The Morgan fingerprint density at radius 3 is 2.17 bits per heavy atom. The second-order valence-electron chi connectivity index (χ2n) is 5.65. The van der Waals surface area contributed by atoms with Gasteiger partial charge in [-0.2, -0.15) is 0 Å². The monoisotopic (exact) mass is 311 g/mol. The first-order valence-corrected chi connectivity index (χ1v) is 7.41. The Hall–Kier alpha value is -2.82. The van der Waals surface area contributed by atoms with E-state index in [1.807, 2.05) is 31.2 Å². The summed E-state index contributed by atoms with van der Waals surface area (Å²) in [5, 5.41) is 9.02. The molecule has 1 aliphatic rings. The number of carboxylic acids is 1. The van der Waals surface area contributed by atoms with E-state index in [2.05, 4.69) is 0 Å². The molecule has 0 aliphatic carbocycles. The highest BCUT2D eigenvalue weighted by Gasteiger charge is 2.34. The first-order chi connectivity index (χ1) is 11.0. The molecule has 2 aromatic rings. The number of rotatable bonds is 4. The van der Waals surface area contributed by atoms with E-state index in [1.165, 1.54) is 4.90 Å². The van der Waals surface area contributed by atoms with Gasteiger partial charge >= 0.3 is 5.97 Å². The van der Waals surface area contributed by atoms with Crippen molar-refractivity contribution in [3.8, 4) is 11.5 Å². The fraction of sp³-hybridized carbons (Fsp3) is 0.222. The lowest BCUT2D eigenvalue weighted by molar-refractivity contribution is -0.141. The summed E-state index contributed by atoms with van der Waals surface area (Å²) in [5.74, 6) is -0.318. The smallest absolute Gasteiger partial charge is 0.308 e. The van der Waals surface area contributed by atoms with Crippen LogP contribution in [0.3, 0.4) is 0 Å². The molecule has 1 atom stereocenters. The Bertz CT molecular complexity index is 722. The molecule has 118 valence electrons. The molecule has 23 heavy (non-hydrogen) atoms. The standard InChI is InChI=1S/C18H17NO4/c1-12-2-6-15(7-3-12)23-16-8-4-14(5-9-16)19-11-13(18(21)22)10-17(19)20/h2-9,13H,10-11H2,1H3,(H,21,22). The van der Waals surface area contributed by atoms with Gasteiger partial charge in [-0.3, -0.25) is 9.59 Å². The molecule has 0 saturated carbocycles. The lowest BCUT2D eigenvalue weighted by atomic mass is 10.1. The minimum absolute atomic E-state index is 0.0525. The topological polar surface area (TPSA) is 66.8 Å². The van der Waals surface area contributed by atoms with Gasteiger partial charge in [-0.15, -0.1) is 0 Å². The van der Waals surface area contributed by atoms with E-state index in [9.17, 15) is 9.59 Å². The van der Waals surface area contributed by atoms with Crippen molar-refractivity contribution in [1.29, 1.82) is 0 Å². The van der Waals surface area contributed by atoms with Crippen LogP contribution in [0.2, 0.25) is 0 Å². The number of carbonyl (C=O) groups excluding carboxylic acids is 1. The average Bonchev–Trinajstić information content (AvgIpc) is 2.93. The van der Waals surface area contributed by atoms with E-state index in [1.54, 1.807) is 24.3 Å². The van der Waals surface area contributed by atoms with Crippen LogP contribution in [0.4, 0.5) is 5.69 Å². The molecule has 1 saturated heterocycles. The van der Waals surface area contributed by atoms with Crippen molar-refractivity contribution >= 4 is 17.6 Å². The molecule has 5 heteroatoms. The molecule has 1 fully saturated rings. The van der Waals surface area contributed by atoms with E-state index >= 15 is 0 Å². The molecule has 1 amide bonds. The van der Waals surface area contributed by atoms with Crippen LogP contribution in [0.15, 0.2) is 48.5 Å². The molecule has 1 unspecified atom stereocenters. The number of nitrogens with zero attached hydrogens (tertiary/aromatic N) is 1. The van der Waals surface area contributed by atoms with Gasteiger partial charge in [0.15, 0.2) is 0 Å². The Morgan fingerprint density at radius 1 is 1.09 bits per heavy atom. The van der Waals surface area contributed by atoms with Gasteiger partial charge in [0.25, 0.3) is 0 Å². The predicted octanol–water partition coefficient (Wildman–Crippen LogP) is 3.22. The fourth-order valence-corrected chi connectivity index (χ4v) is 2.56. The van der Waals surface area contributed by atoms with Crippen LogP contribution in [-0.4, -0.2) is 23.5 Å². The van der Waals surface area contributed by atoms with Gasteiger partial charge in [-0.25, -0.2) is 0 Å². The molecule has 0 bridgehead atoms. The molecule has 3 rings (SSSR count). The SMILES string of the molecule is Cc1ccc(Oc2ccc(N3CC(C(=O)O)CC3=O)cc2)cc1. The summed E-state index contributed by atoms with van der Waals surface area (Å²) in [4.78, 5) is 24.4. The van der Waals surface area contributed by atoms with Crippen molar-refractivity contribution < 1.29 is 19.4 Å². The lowest BCUT2D eigenvalue weighted by Gasteiger charge is -2.16. The predicted molar refractivity (Wildman–Crippen MR) is 85.8 cm³/mol. The number of ether oxygens (including phenoxy) is 1. The normalized spacial score (nSPS) is 17.3. The molecule has 0 spiro atoms. The molecule has 0 radical (unpaired) electrons. The number of benzene rings is 2. The van der Waals surface area contributed by atoms with E-state index < -0.39 is 11.9 Å². The number of carbonyl (C=O) groups is 2. The first-order valence-electron chi connectivity index (χ1n) is 7.41. The molecule has 5 nitrogen and oxygen atoms in total. The van der Waals surface area contributed by atoms with Crippen molar-refractivity contribution in [2.45, 2.75) is 13.3 Å².